The van der Waals surface area contributed by atoms with Gasteiger partial charge in [0.25, 0.3) is 0 Å². The van der Waals surface area contributed by atoms with Gasteiger partial charge < -0.3 is 11.5 Å². The fraction of sp³-hybridized carbons (Fsp3) is 0.750. The molecule has 0 atom stereocenters. The van der Waals surface area contributed by atoms with Gasteiger partial charge in [-0.25, -0.2) is 0 Å². The van der Waals surface area contributed by atoms with Crippen LogP contribution in [0.1, 0.15) is 68.2 Å². The first-order valence-electron chi connectivity index (χ1n) is 7.20. The molecule has 0 saturated carbocycles. The molecule has 0 fully saturated rings. The van der Waals surface area contributed by atoms with Crippen molar-refractivity contribution in [1.29, 1.82) is 0 Å². The molecule has 23 heavy (non-hydrogen) atoms. The molecule has 0 spiro atoms. The summed E-state index contributed by atoms with van der Waals surface area (Å²) in [5.74, 6) is 1.00. The summed E-state index contributed by atoms with van der Waals surface area (Å²) in [7, 11) is 0. The first-order chi connectivity index (χ1) is 9.72. The van der Waals surface area contributed by atoms with Crippen molar-refractivity contribution in [3.05, 3.63) is 11.5 Å². The van der Waals surface area contributed by atoms with E-state index in [4.69, 9.17) is 30.6 Å². The second kappa shape index (κ2) is 23.4. The molecule has 0 aromatic rings. The third kappa shape index (κ3) is 153. The van der Waals surface area contributed by atoms with Crippen molar-refractivity contribution < 1.29 is 35.7 Å². The zero-order chi connectivity index (χ0) is 18.9. The van der Waals surface area contributed by atoms with Gasteiger partial charge in [0.1, 0.15) is 0 Å². The summed E-state index contributed by atoms with van der Waals surface area (Å²) >= 11 is 0. The summed E-state index contributed by atoms with van der Waals surface area (Å²) in [5.41, 5.74) is 13.2. The van der Waals surface area contributed by atoms with E-state index in [1.54, 1.807) is 27.7 Å². The van der Waals surface area contributed by atoms with Gasteiger partial charge in [0.2, 0.25) is 0 Å². The monoisotopic (exact) mass is 378 g/mol. The Kier molecular flexibility index (Phi) is 34.2. The van der Waals surface area contributed by atoms with Gasteiger partial charge in [-0.2, -0.15) is 0 Å². The molecule has 7 heteroatoms. The van der Waals surface area contributed by atoms with Crippen LogP contribution in [0.4, 0.5) is 0 Å². The third-order valence-corrected chi connectivity index (χ3v) is 1.02. The molecule has 0 amide bonds. The van der Waals surface area contributed by atoms with E-state index in [9.17, 15) is 0 Å². The predicted octanol–water partition coefficient (Wildman–Crippen LogP) is 3.90. The van der Waals surface area contributed by atoms with Crippen LogP contribution in [0.5, 0.6) is 0 Å². The van der Waals surface area contributed by atoms with Gasteiger partial charge in [0, 0.05) is 27.7 Å². The molecule has 0 unspecified atom stereocenters. The summed E-state index contributed by atoms with van der Waals surface area (Å²) in [6.45, 7) is 13.6. The standard InChI is InChI=1S/2C5H8O2.2C3H8N.Ni/c2*1-4(6)3-5(2)7;2*1-3(2)4;/h2*3H2,1-2H3;2*3-4H,1-2H3;/q;;2*-1;+2/p+4. The van der Waals surface area contributed by atoms with Crippen LogP contribution in [-0.4, -0.2) is 54.4 Å². The topological polar surface area (TPSA) is 133 Å². The summed E-state index contributed by atoms with van der Waals surface area (Å²) in [5, 5.41) is 0. The van der Waals surface area contributed by atoms with Crippen molar-refractivity contribution >= 4 is 23.1 Å². The van der Waals surface area contributed by atoms with Crippen molar-refractivity contribution in [1.82, 2.24) is 0 Å². The molecular formula is C16H36N2NiO4+4. The minimum atomic E-state index is 0. The van der Waals surface area contributed by atoms with E-state index >= 15 is 0 Å². The van der Waals surface area contributed by atoms with E-state index < -0.39 is 0 Å². The Hall–Kier alpha value is -0.906. The minimum Gasteiger partial charge on any atom is -0.675 e. The van der Waals surface area contributed by atoms with E-state index in [1.165, 1.54) is 0 Å². The predicted molar refractivity (Wildman–Crippen MR) is 98.6 cm³/mol. The molecule has 0 rings (SSSR count). The van der Waals surface area contributed by atoms with Gasteiger partial charge in [-0.3, -0.25) is 19.2 Å². The van der Waals surface area contributed by atoms with Gasteiger partial charge in [-0.1, -0.05) is 27.7 Å². The zero-order valence-corrected chi connectivity index (χ0v) is 16.7. The van der Waals surface area contributed by atoms with E-state index in [0.29, 0.717) is 12.8 Å². The fourth-order valence-corrected chi connectivity index (χ4v) is 0.740. The second-order valence-electron chi connectivity index (χ2n) is 5.60. The largest absolute Gasteiger partial charge is 2.00 e. The van der Waals surface area contributed by atoms with Crippen LogP contribution in [-0.2, 0) is 16.5 Å². The molecule has 0 aromatic heterocycles. The molecule has 0 aromatic carbocycles. The Morgan fingerprint density at radius 1 is 0.609 bits per heavy atom. The smallest absolute Gasteiger partial charge is 0.675 e. The average molecular weight is 379 g/mol. The third-order valence-electron chi connectivity index (χ3n) is 1.02. The maximum Gasteiger partial charge on any atom is 2.00 e. The number of rotatable bonds is 4. The minimum absolute atomic E-state index is 0. The molecule has 6 nitrogen and oxygen atoms in total. The number of ketones is 4. The Morgan fingerprint density at radius 3 is 0.696 bits per heavy atom. The number of nitrogens with one attached hydrogen (secondary N) is 2. The van der Waals surface area contributed by atoms with Crippen LogP contribution in [0, 0.1) is 0 Å². The number of hydrogen-bond donors (Lipinski definition) is 0. The zero-order valence-electron chi connectivity index (χ0n) is 15.7. The van der Waals surface area contributed by atoms with Gasteiger partial charge in [-0.15, -0.1) is 12.1 Å². The molecule has 0 aliphatic carbocycles. The van der Waals surface area contributed by atoms with Crippen molar-refractivity contribution in [3.8, 4) is 0 Å². The van der Waals surface area contributed by atoms with E-state index in [-0.39, 0.29) is 51.7 Å². The first-order valence-corrected chi connectivity index (χ1v) is 7.20. The van der Waals surface area contributed by atoms with Crippen LogP contribution in [0.25, 0.3) is 11.5 Å². The molecule has 0 heterocycles. The van der Waals surface area contributed by atoms with Crippen LogP contribution in [0.15, 0.2) is 0 Å². The Balaban J connectivity index is -0.0000000639. The Labute approximate surface area is 151 Å². The normalized spacial score (nSPS) is 8.17. The van der Waals surface area contributed by atoms with Crippen molar-refractivity contribution in [3.63, 3.8) is 0 Å². The van der Waals surface area contributed by atoms with E-state index in [1.807, 2.05) is 27.7 Å². The van der Waals surface area contributed by atoms with Crippen molar-refractivity contribution in [2.24, 2.45) is 0 Å². The fourth-order valence-electron chi connectivity index (χ4n) is 0.740. The molecule has 0 saturated heterocycles. The molecule has 140 valence electrons. The SMILES string of the molecule is CC(=[OH+])CC(C)=[OH+].CC(=[OH+])CC(C)=[OH+].CC(C)[NH-].CC(C)[NH-].[Ni+2]. The summed E-state index contributed by atoms with van der Waals surface area (Å²) in [6.07, 6.45) is 0.611. The molecule has 0 bridgehead atoms. The van der Waals surface area contributed by atoms with E-state index in [2.05, 4.69) is 0 Å². The first kappa shape index (κ1) is 33.6. The van der Waals surface area contributed by atoms with Crippen molar-refractivity contribution in [2.45, 2.75) is 80.3 Å². The van der Waals surface area contributed by atoms with Crippen LogP contribution in [0.3, 0.4) is 0 Å². The van der Waals surface area contributed by atoms with Gasteiger partial charge in [0.05, 0.1) is 0 Å². The second-order valence-corrected chi connectivity index (χ2v) is 5.60. The summed E-state index contributed by atoms with van der Waals surface area (Å²) in [6, 6.07) is 0.167. The molecule has 0 aliphatic rings. The van der Waals surface area contributed by atoms with E-state index in [0.717, 1.165) is 0 Å². The van der Waals surface area contributed by atoms with Gasteiger partial charge in [-0.05, 0) is 0 Å². The number of hydrogen-bond acceptors (Lipinski definition) is 0. The van der Waals surface area contributed by atoms with Crippen LogP contribution < -0.4 is 0 Å². The molecule has 6 N–H and O–H groups in total. The summed E-state index contributed by atoms with van der Waals surface area (Å²) in [4.78, 5) is 33.8. The number of carbonyl (C=O) groups excluding carboxylic acids is 4. The Morgan fingerprint density at radius 2 is 0.696 bits per heavy atom. The summed E-state index contributed by atoms with van der Waals surface area (Å²) < 4.78 is 0. The molecule has 0 radical (unpaired) electrons. The van der Waals surface area contributed by atoms with Crippen molar-refractivity contribution in [2.75, 3.05) is 0 Å². The van der Waals surface area contributed by atoms with Crippen LogP contribution in [0.2, 0.25) is 0 Å². The maximum absolute atomic E-state index is 8.46. The molecular weight excluding hydrogens is 343 g/mol. The Bertz CT molecular complexity index is 269. The maximum atomic E-state index is 8.46. The average Bonchev–Trinajstić information content (AvgIpc) is 2.10. The van der Waals surface area contributed by atoms with Gasteiger partial charge >= 0.3 is 39.6 Å². The van der Waals surface area contributed by atoms with Crippen LogP contribution >= 0.6 is 0 Å². The molecule has 0 aliphatic heterocycles. The van der Waals surface area contributed by atoms with Gasteiger partial charge in [0.15, 0.2) is 12.8 Å². The quantitative estimate of drug-likeness (QED) is 0.398.